The van der Waals surface area contributed by atoms with Crippen molar-refractivity contribution in [1.29, 1.82) is 0 Å². The second-order valence-corrected chi connectivity index (χ2v) is 5.84. The molecule has 0 aromatic carbocycles. The minimum atomic E-state index is 0.242. The first-order valence-electron chi connectivity index (χ1n) is 7.37. The van der Waals surface area contributed by atoms with E-state index in [4.69, 9.17) is 0 Å². The molecule has 3 unspecified atom stereocenters. The van der Waals surface area contributed by atoms with E-state index in [2.05, 4.69) is 35.9 Å². The minimum absolute atomic E-state index is 0.242. The van der Waals surface area contributed by atoms with Crippen LogP contribution in [0.4, 0.5) is 0 Å². The van der Waals surface area contributed by atoms with Gasteiger partial charge in [0.15, 0.2) is 0 Å². The molecule has 18 heavy (non-hydrogen) atoms. The van der Waals surface area contributed by atoms with E-state index in [0.29, 0.717) is 17.9 Å². The van der Waals surface area contributed by atoms with Gasteiger partial charge in [0.1, 0.15) is 0 Å². The monoisotopic (exact) mass is 253 g/mol. The summed E-state index contributed by atoms with van der Waals surface area (Å²) in [6.45, 7) is 12.5. The lowest BCUT2D eigenvalue weighted by molar-refractivity contribution is -0.140. The third-order valence-electron chi connectivity index (χ3n) is 4.59. The molecule has 3 atom stereocenters. The van der Waals surface area contributed by atoms with Gasteiger partial charge < -0.3 is 10.2 Å². The molecule has 0 saturated carbocycles. The summed E-state index contributed by atoms with van der Waals surface area (Å²) in [6, 6.07) is 0.504. The van der Waals surface area contributed by atoms with Crippen molar-refractivity contribution in [3.63, 3.8) is 0 Å². The lowest BCUT2D eigenvalue weighted by atomic mass is 9.86. The number of carbonyl (C=O) groups is 1. The van der Waals surface area contributed by atoms with Gasteiger partial charge in [-0.25, -0.2) is 0 Å². The number of rotatable bonds is 2. The van der Waals surface area contributed by atoms with E-state index >= 15 is 0 Å². The lowest BCUT2D eigenvalue weighted by Gasteiger charge is -2.42. The fourth-order valence-electron chi connectivity index (χ4n) is 3.28. The predicted molar refractivity (Wildman–Crippen MR) is 73.4 cm³/mol. The maximum absolute atomic E-state index is 12.6. The van der Waals surface area contributed by atoms with Gasteiger partial charge in [-0.3, -0.25) is 9.69 Å². The fraction of sp³-hybridized carbons (Fsp3) is 0.929. The summed E-state index contributed by atoms with van der Waals surface area (Å²) >= 11 is 0. The van der Waals surface area contributed by atoms with Crippen molar-refractivity contribution in [3.05, 3.63) is 0 Å². The normalized spacial score (nSPS) is 34.6. The molecule has 1 amide bonds. The van der Waals surface area contributed by atoms with Gasteiger partial charge in [0.05, 0.1) is 0 Å². The van der Waals surface area contributed by atoms with Gasteiger partial charge >= 0.3 is 0 Å². The average molecular weight is 253 g/mol. The van der Waals surface area contributed by atoms with Crippen molar-refractivity contribution in [3.8, 4) is 0 Å². The van der Waals surface area contributed by atoms with Gasteiger partial charge in [0, 0.05) is 31.6 Å². The molecule has 2 fully saturated rings. The van der Waals surface area contributed by atoms with Crippen LogP contribution in [0.2, 0.25) is 0 Å². The SMILES string of the molecule is CCN1CCN(C(=O)C2CCNCC2C)CC1C. The first kappa shape index (κ1) is 13.8. The molecule has 4 heteroatoms. The predicted octanol–water partition coefficient (Wildman–Crippen LogP) is 0.785. The van der Waals surface area contributed by atoms with Crippen LogP contribution in [0, 0.1) is 11.8 Å². The maximum Gasteiger partial charge on any atom is 0.226 e. The van der Waals surface area contributed by atoms with Crippen LogP contribution in [0.5, 0.6) is 0 Å². The molecule has 0 aliphatic carbocycles. The molecule has 0 spiro atoms. The summed E-state index contributed by atoms with van der Waals surface area (Å²) in [5.74, 6) is 1.11. The summed E-state index contributed by atoms with van der Waals surface area (Å²) in [6.07, 6.45) is 1.00. The van der Waals surface area contributed by atoms with Crippen LogP contribution in [-0.2, 0) is 4.79 Å². The van der Waals surface area contributed by atoms with Crippen molar-refractivity contribution in [2.24, 2.45) is 11.8 Å². The molecule has 2 aliphatic heterocycles. The van der Waals surface area contributed by atoms with Gasteiger partial charge in [-0.1, -0.05) is 13.8 Å². The lowest BCUT2D eigenvalue weighted by Crippen LogP contribution is -2.56. The standard InChI is InChI=1S/C14H27N3O/c1-4-16-7-8-17(10-12(16)3)14(18)13-5-6-15-9-11(13)2/h11-13,15H,4-10H2,1-3H3. The van der Waals surface area contributed by atoms with Crippen molar-refractivity contribution in [2.75, 3.05) is 39.3 Å². The molecular weight excluding hydrogens is 226 g/mol. The Morgan fingerprint density at radius 3 is 2.72 bits per heavy atom. The maximum atomic E-state index is 12.6. The van der Waals surface area contributed by atoms with Crippen molar-refractivity contribution >= 4 is 5.91 Å². The van der Waals surface area contributed by atoms with Gasteiger partial charge in [0.25, 0.3) is 0 Å². The zero-order valence-corrected chi connectivity index (χ0v) is 12.0. The Hall–Kier alpha value is -0.610. The minimum Gasteiger partial charge on any atom is -0.340 e. The number of carbonyl (C=O) groups excluding carboxylic acids is 1. The Bertz CT molecular complexity index is 295. The van der Waals surface area contributed by atoms with E-state index in [-0.39, 0.29) is 5.92 Å². The van der Waals surface area contributed by atoms with Gasteiger partial charge in [-0.15, -0.1) is 0 Å². The molecule has 4 nitrogen and oxygen atoms in total. The van der Waals surface area contributed by atoms with Crippen LogP contribution in [0.1, 0.15) is 27.2 Å². The van der Waals surface area contributed by atoms with Crippen LogP contribution >= 0.6 is 0 Å². The van der Waals surface area contributed by atoms with Crippen LogP contribution < -0.4 is 5.32 Å². The van der Waals surface area contributed by atoms with Crippen LogP contribution in [0.15, 0.2) is 0 Å². The van der Waals surface area contributed by atoms with Crippen LogP contribution in [0.25, 0.3) is 0 Å². The summed E-state index contributed by atoms with van der Waals surface area (Å²) in [5, 5.41) is 3.37. The van der Waals surface area contributed by atoms with Gasteiger partial charge in [-0.05, 0) is 38.9 Å². The van der Waals surface area contributed by atoms with E-state index in [1.807, 2.05) is 0 Å². The van der Waals surface area contributed by atoms with Gasteiger partial charge in [-0.2, -0.15) is 0 Å². The van der Waals surface area contributed by atoms with Crippen molar-refractivity contribution in [1.82, 2.24) is 15.1 Å². The van der Waals surface area contributed by atoms with E-state index in [9.17, 15) is 4.79 Å². The molecular formula is C14H27N3O. The number of nitrogens with one attached hydrogen (secondary N) is 1. The molecule has 104 valence electrons. The molecule has 1 N–H and O–H groups in total. The number of hydrogen-bond acceptors (Lipinski definition) is 3. The number of piperidine rings is 1. The summed E-state index contributed by atoms with van der Waals surface area (Å²) in [5.41, 5.74) is 0. The molecule has 0 aromatic heterocycles. The van der Waals surface area contributed by atoms with E-state index in [1.54, 1.807) is 0 Å². The smallest absolute Gasteiger partial charge is 0.226 e. The first-order valence-corrected chi connectivity index (χ1v) is 7.37. The topological polar surface area (TPSA) is 35.6 Å². The average Bonchev–Trinajstić information content (AvgIpc) is 2.38. The number of likely N-dealkylation sites (N-methyl/N-ethyl adjacent to an activating group) is 1. The van der Waals surface area contributed by atoms with Gasteiger partial charge in [0.2, 0.25) is 5.91 Å². The molecule has 2 rings (SSSR count). The van der Waals surface area contributed by atoms with Crippen molar-refractivity contribution in [2.45, 2.75) is 33.2 Å². The number of hydrogen-bond donors (Lipinski definition) is 1. The third-order valence-corrected chi connectivity index (χ3v) is 4.59. The Morgan fingerprint density at radius 2 is 2.11 bits per heavy atom. The van der Waals surface area contributed by atoms with Crippen molar-refractivity contribution < 1.29 is 4.79 Å². The molecule has 0 bridgehead atoms. The Balaban J connectivity index is 1.93. The Kier molecular flexibility index (Phi) is 4.62. The summed E-state index contributed by atoms with van der Waals surface area (Å²) in [4.78, 5) is 17.1. The van der Waals surface area contributed by atoms with Crippen LogP contribution in [0.3, 0.4) is 0 Å². The van der Waals surface area contributed by atoms with E-state index in [0.717, 1.165) is 45.7 Å². The molecule has 2 heterocycles. The Morgan fingerprint density at radius 1 is 1.33 bits per heavy atom. The summed E-state index contributed by atoms with van der Waals surface area (Å²) < 4.78 is 0. The third kappa shape index (κ3) is 2.86. The quantitative estimate of drug-likeness (QED) is 0.790. The number of nitrogens with zero attached hydrogens (tertiary/aromatic N) is 2. The zero-order chi connectivity index (χ0) is 13.1. The zero-order valence-electron chi connectivity index (χ0n) is 12.0. The van der Waals surface area contributed by atoms with E-state index < -0.39 is 0 Å². The molecule has 0 radical (unpaired) electrons. The summed E-state index contributed by atoms with van der Waals surface area (Å²) in [7, 11) is 0. The second kappa shape index (κ2) is 6.02. The van der Waals surface area contributed by atoms with E-state index in [1.165, 1.54) is 0 Å². The highest BCUT2D eigenvalue weighted by molar-refractivity contribution is 5.79. The highest BCUT2D eigenvalue weighted by Crippen LogP contribution is 2.22. The molecule has 2 aliphatic rings. The highest BCUT2D eigenvalue weighted by atomic mass is 16.2. The second-order valence-electron chi connectivity index (χ2n) is 5.84. The largest absolute Gasteiger partial charge is 0.340 e. The number of amides is 1. The molecule has 0 aromatic rings. The van der Waals surface area contributed by atoms with Crippen LogP contribution in [-0.4, -0.2) is 61.0 Å². The molecule has 2 saturated heterocycles. The fourth-order valence-corrected chi connectivity index (χ4v) is 3.28. The first-order chi connectivity index (χ1) is 8.63. The Labute approximate surface area is 111 Å². The number of piperazine rings is 1. The highest BCUT2D eigenvalue weighted by Gasteiger charge is 2.33.